The summed E-state index contributed by atoms with van der Waals surface area (Å²) in [6, 6.07) is 2.96. The molecule has 0 saturated carbocycles. The van der Waals surface area contributed by atoms with Crippen LogP contribution in [0.2, 0.25) is 0 Å². The van der Waals surface area contributed by atoms with Gasteiger partial charge in [0.25, 0.3) is 6.43 Å². The number of carbonyl (C=O) groups is 1. The number of halogens is 2. The van der Waals surface area contributed by atoms with E-state index in [4.69, 9.17) is 10.5 Å². The summed E-state index contributed by atoms with van der Waals surface area (Å²) in [5.41, 5.74) is 6.09. The Morgan fingerprint density at radius 2 is 1.86 bits per heavy atom. The summed E-state index contributed by atoms with van der Waals surface area (Å²) in [4.78, 5) is 14.9. The Morgan fingerprint density at radius 3 is 2.36 bits per heavy atom. The molecule has 0 amide bonds. The van der Waals surface area contributed by atoms with Crippen LogP contribution in [0.5, 0.6) is 0 Å². The van der Waals surface area contributed by atoms with E-state index in [9.17, 15) is 28.9 Å². The predicted molar refractivity (Wildman–Crippen MR) is 97.7 cm³/mol. The number of nitrogens with two attached hydrogens (primary N) is 1. The summed E-state index contributed by atoms with van der Waals surface area (Å²) >= 11 is 0. The minimum absolute atomic E-state index is 0.0177. The van der Waals surface area contributed by atoms with Crippen LogP contribution >= 0.6 is 0 Å². The van der Waals surface area contributed by atoms with Gasteiger partial charge in [-0.1, -0.05) is 12.1 Å². The van der Waals surface area contributed by atoms with Gasteiger partial charge in [0.2, 0.25) is 0 Å². The number of carbonyl (C=O) groups excluding carboxylic acids is 1. The lowest BCUT2D eigenvalue weighted by Gasteiger charge is -2.17. The molecule has 0 aliphatic heterocycles. The Morgan fingerprint density at radius 1 is 1.18 bits per heavy atom. The number of hydrogen-bond donors (Lipinski definition) is 5. The lowest BCUT2D eigenvalue weighted by Crippen LogP contribution is -2.09. The van der Waals surface area contributed by atoms with E-state index in [1.165, 1.54) is 12.1 Å². The fourth-order valence-electron chi connectivity index (χ4n) is 3.29. The first-order valence-electron chi connectivity index (χ1n) is 8.81. The molecule has 0 atom stereocenters. The highest BCUT2D eigenvalue weighted by Gasteiger charge is 2.31. The summed E-state index contributed by atoms with van der Waals surface area (Å²) in [6.45, 7) is 0.282. The topological polar surface area (TPSA) is 129 Å². The molecule has 2 aromatic rings. The van der Waals surface area contributed by atoms with Crippen LogP contribution in [0.3, 0.4) is 0 Å². The average Bonchev–Trinajstić information content (AvgIpc) is 3.06. The molecule has 1 aromatic heterocycles. The third-order valence-corrected chi connectivity index (χ3v) is 4.49. The highest BCUT2D eigenvalue weighted by atomic mass is 19.3. The zero-order valence-corrected chi connectivity index (χ0v) is 15.5. The van der Waals surface area contributed by atoms with E-state index in [-0.39, 0.29) is 54.1 Å². The van der Waals surface area contributed by atoms with E-state index in [0.717, 1.165) is 0 Å². The van der Waals surface area contributed by atoms with Crippen molar-refractivity contribution in [1.29, 1.82) is 0 Å². The van der Waals surface area contributed by atoms with Crippen molar-refractivity contribution in [2.45, 2.75) is 39.6 Å². The number of aromatic nitrogens is 1. The summed E-state index contributed by atoms with van der Waals surface area (Å²) in [6.07, 6.45) is -2.82. The SMILES string of the molecule is CCOC(=O)c1[nH]c(CCN)c(-c2ccc(CO)c(CO)c2CO)c1C(F)F. The van der Waals surface area contributed by atoms with Gasteiger partial charge in [0.15, 0.2) is 0 Å². The van der Waals surface area contributed by atoms with Gasteiger partial charge in [-0.25, -0.2) is 13.6 Å². The van der Waals surface area contributed by atoms with E-state index in [1.54, 1.807) is 6.92 Å². The highest BCUT2D eigenvalue weighted by Crippen LogP contribution is 2.40. The normalized spacial score (nSPS) is 11.3. The third-order valence-electron chi connectivity index (χ3n) is 4.49. The van der Waals surface area contributed by atoms with E-state index >= 15 is 0 Å². The number of ether oxygens (including phenoxy) is 1. The van der Waals surface area contributed by atoms with Gasteiger partial charge in [0.05, 0.1) is 32.0 Å². The number of hydrogen-bond acceptors (Lipinski definition) is 6. The number of H-pyrrole nitrogens is 1. The van der Waals surface area contributed by atoms with Crippen LogP contribution < -0.4 is 5.73 Å². The molecule has 2 rings (SSSR count). The molecule has 0 aliphatic rings. The Hall–Kier alpha value is -2.33. The van der Waals surface area contributed by atoms with Crippen LogP contribution in [0.1, 0.15) is 51.8 Å². The molecule has 0 fully saturated rings. The molecule has 28 heavy (non-hydrogen) atoms. The number of esters is 1. The molecular formula is C19H24F2N2O5. The molecule has 0 aliphatic carbocycles. The number of rotatable bonds is 9. The molecule has 0 bridgehead atoms. The largest absolute Gasteiger partial charge is 0.461 e. The zero-order valence-electron chi connectivity index (χ0n) is 15.5. The molecule has 6 N–H and O–H groups in total. The molecular weight excluding hydrogens is 374 g/mol. The lowest BCUT2D eigenvalue weighted by molar-refractivity contribution is 0.0509. The van der Waals surface area contributed by atoms with Gasteiger partial charge in [-0.2, -0.15) is 0 Å². The second-order valence-electron chi connectivity index (χ2n) is 6.03. The summed E-state index contributed by atoms with van der Waals surface area (Å²) in [5, 5.41) is 29.0. The molecule has 0 saturated heterocycles. The Labute approximate surface area is 160 Å². The number of alkyl halides is 2. The van der Waals surface area contributed by atoms with Crippen molar-refractivity contribution < 1.29 is 33.6 Å². The fourth-order valence-corrected chi connectivity index (χ4v) is 3.29. The number of benzene rings is 1. The first kappa shape index (κ1) is 22.0. The van der Waals surface area contributed by atoms with Gasteiger partial charge >= 0.3 is 5.97 Å². The second-order valence-corrected chi connectivity index (χ2v) is 6.03. The molecule has 0 radical (unpaired) electrons. The van der Waals surface area contributed by atoms with Crippen LogP contribution in [0.4, 0.5) is 8.78 Å². The first-order valence-corrected chi connectivity index (χ1v) is 8.81. The molecule has 154 valence electrons. The van der Waals surface area contributed by atoms with Crippen LogP contribution in [0.15, 0.2) is 12.1 Å². The van der Waals surface area contributed by atoms with E-state index in [1.807, 2.05) is 0 Å². The van der Waals surface area contributed by atoms with Crippen LogP contribution in [0, 0.1) is 0 Å². The Kier molecular flexibility index (Phi) is 7.64. The van der Waals surface area contributed by atoms with E-state index < -0.39 is 31.2 Å². The first-order chi connectivity index (χ1) is 13.4. The zero-order chi connectivity index (χ0) is 20.8. The van der Waals surface area contributed by atoms with Crippen molar-refractivity contribution in [3.63, 3.8) is 0 Å². The maximum atomic E-state index is 14.0. The quantitative estimate of drug-likeness (QED) is 0.410. The van der Waals surface area contributed by atoms with E-state index in [0.29, 0.717) is 11.3 Å². The number of aliphatic hydroxyl groups is 3. The maximum Gasteiger partial charge on any atom is 0.355 e. The summed E-state index contributed by atoms with van der Waals surface area (Å²) < 4.78 is 32.8. The van der Waals surface area contributed by atoms with Gasteiger partial charge in [-0.05, 0) is 35.7 Å². The number of nitrogens with one attached hydrogen (secondary N) is 1. The smallest absolute Gasteiger partial charge is 0.355 e. The van der Waals surface area contributed by atoms with Crippen molar-refractivity contribution in [3.05, 3.63) is 45.8 Å². The average molecular weight is 398 g/mol. The minimum Gasteiger partial charge on any atom is -0.461 e. The predicted octanol–water partition coefficient (Wildman–Crippen LogP) is 1.77. The number of aliphatic hydroxyl groups excluding tert-OH is 3. The second kappa shape index (κ2) is 9.74. The van der Waals surface area contributed by atoms with Crippen LogP contribution in [-0.2, 0) is 31.0 Å². The minimum atomic E-state index is -3.00. The van der Waals surface area contributed by atoms with Crippen LogP contribution in [0.25, 0.3) is 11.1 Å². The van der Waals surface area contributed by atoms with Crippen molar-refractivity contribution in [2.24, 2.45) is 5.73 Å². The van der Waals surface area contributed by atoms with Crippen molar-refractivity contribution in [1.82, 2.24) is 4.98 Å². The number of aromatic amines is 1. The van der Waals surface area contributed by atoms with Gasteiger partial charge < -0.3 is 30.8 Å². The molecule has 1 heterocycles. The van der Waals surface area contributed by atoms with Crippen molar-refractivity contribution >= 4 is 5.97 Å². The van der Waals surface area contributed by atoms with Gasteiger partial charge in [0.1, 0.15) is 5.69 Å². The van der Waals surface area contributed by atoms with Gasteiger partial charge in [-0.3, -0.25) is 0 Å². The molecule has 0 unspecified atom stereocenters. The lowest BCUT2D eigenvalue weighted by atomic mass is 9.90. The highest BCUT2D eigenvalue weighted by molar-refractivity contribution is 5.93. The maximum absolute atomic E-state index is 14.0. The van der Waals surface area contributed by atoms with Crippen molar-refractivity contribution in [3.8, 4) is 11.1 Å². The van der Waals surface area contributed by atoms with E-state index in [2.05, 4.69) is 4.98 Å². The molecule has 9 heteroatoms. The monoisotopic (exact) mass is 398 g/mol. The fraction of sp³-hybridized carbons (Fsp3) is 0.421. The van der Waals surface area contributed by atoms with Crippen molar-refractivity contribution in [2.75, 3.05) is 13.2 Å². The third kappa shape index (κ3) is 4.07. The Bertz CT molecular complexity index is 836. The summed E-state index contributed by atoms with van der Waals surface area (Å²) in [5.74, 6) is -0.915. The Balaban J connectivity index is 2.85. The van der Waals surface area contributed by atoms with Crippen LogP contribution in [-0.4, -0.2) is 39.4 Å². The molecule has 7 nitrogen and oxygen atoms in total. The van der Waals surface area contributed by atoms with Gasteiger partial charge in [0, 0.05) is 17.7 Å². The van der Waals surface area contributed by atoms with Gasteiger partial charge in [-0.15, -0.1) is 0 Å². The molecule has 1 aromatic carbocycles. The summed E-state index contributed by atoms with van der Waals surface area (Å²) in [7, 11) is 0. The standard InChI is InChI=1S/C19H24F2N2O5/c1-2-28-19(27)17-16(18(20)21)15(14(23-17)5-6-22)11-4-3-10(7-24)12(8-25)13(11)9-26/h3-4,18,23-26H,2,5-9,22H2,1H3. The molecule has 0 spiro atoms.